The molecule has 0 spiro atoms. The van der Waals surface area contributed by atoms with Gasteiger partial charge in [0.2, 0.25) is 10.0 Å². The van der Waals surface area contributed by atoms with Gasteiger partial charge in [0.1, 0.15) is 16.5 Å². The minimum atomic E-state index is -4.00. The average molecular weight is 360 g/mol. The van der Waals surface area contributed by atoms with Crippen molar-refractivity contribution in [1.82, 2.24) is 4.72 Å². The average Bonchev–Trinajstić information content (AvgIpc) is 2.24. The van der Waals surface area contributed by atoms with Gasteiger partial charge in [0.15, 0.2) is 0 Å². The van der Waals surface area contributed by atoms with Gasteiger partial charge in [-0.3, -0.25) is 0 Å². The Kier molecular flexibility index (Phi) is 5.57. The molecule has 0 aliphatic carbocycles. The molecule has 1 unspecified atom stereocenters. The summed E-state index contributed by atoms with van der Waals surface area (Å²) < 4.78 is 52.3. The molecule has 1 aromatic carbocycles. The van der Waals surface area contributed by atoms with Gasteiger partial charge >= 0.3 is 0 Å². The first-order chi connectivity index (χ1) is 8.27. The van der Waals surface area contributed by atoms with E-state index < -0.39 is 26.6 Å². The highest BCUT2D eigenvalue weighted by molar-refractivity contribution is 9.10. The first kappa shape index (κ1) is 15.9. The molecule has 0 heterocycles. The molecule has 0 aliphatic heterocycles. The smallest absolute Gasteiger partial charge is 0.210 e. The Balaban J connectivity index is 3.06. The van der Waals surface area contributed by atoms with Crippen molar-refractivity contribution in [2.45, 2.75) is 17.1 Å². The molecule has 0 saturated heterocycles. The largest absolute Gasteiger partial charge is 0.244 e. The molecule has 1 aromatic rings. The molecule has 102 valence electrons. The summed E-state index contributed by atoms with van der Waals surface area (Å²) in [7, 11) is -4.00. The van der Waals surface area contributed by atoms with Gasteiger partial charge < -0.3 is 0 Å². The van der Waals surface area contributed by atoms with Crippen LogP contribution in [0.3, 0.4) is 0 Å². The van der Waals surface area contributed by atoms with Crippen LogP contribution in [0.1, 0.15) is 6.92 Å². The second kappa shape index (κ2) is 6.31. The summed E-state index contributed by atoms with van der Waals surface area (Å²) in [5.41, 5.74) is 0. The van der Waals surface area contributed by atoms with Crippen LogP contribution in [0.2, 0.25) is 0 Å². The summed E-state index contributed by atoms with van der Waals surface area (Å²) in [6.45, 7) is 2.01. The fourth-order valence-corrected chi connectivity index (χ4v) is 3.82. The molecule has 1 atom stereocenters. The topological polar surface area (TPSA) is 46.2 Å². The maximum absolute atomic E-state index is 13.5. The maximum Gasteiger partial charge on any atom is 0.244 e. The van der Waals surface area contributed by atoms with Gasteiger partial charge in [0.25, 0.3) is 0 Å². The van der Waals surface area contributed by atoms with Gasteiger partial charge in [-0.25, -0.2) is 21.9 Å². The first-order valence-electron chi connectivity index (χ1n) is 4.95. The van der Waals surface area contributed by atoms with Crippen LogP contribution >= 0.6 is 27.7 Å². The molecule has 0 amide bonds. The van der Waals surface area contributed by atoms with Crippen molar-refractivity contribution >= 4 is 37.7 Å². The van der Waals surface area contributed by atoms with Crippen LogP contribution in [-0.2, 0) is 10.0 Å². The van der Waals surface area contributed by atoms with Gasteiger partial charge in [0.05, 0.1) is 0 Å². The van der Waals surface area contributed by atoms with Crippen molar-refractivity contribution < 1.29 is 17.2 Å². The normalized spacial score (nSPS) is 13.6. The van der Waals surface area contributed by atoms with E-state index in [-0.39, 0.29) is 16.3 Å². The van der Waals surface area contributed by atoms with E-state index in [1.54, 1.807) is 0 Å². The molecule has 1 N–H and O–H groups in total. The van der Waals surface area contributed by atoms with E-state index in [1.165, 1.54) is 11.8 Å². The highest BCUT2D eigenvalue weighted by atomic mass is 79.9. The number of nitrogens with one attached hydrogen (secondary N) is 1. The number of halogens is 3. The molecule has 0 bridgehead atoms. The van der Waals surface area contributed by atoms with Gasteiger partial charge in [-0.05, 0) is 28.3 Å². The Morgan fingerprint density at radius 2 is 2.06 bits per heavy atom. The monoisotopic (exact) mass is 359 g/mol. The number of thioether (sulfide) groups is 1. The van der Waals surface area contributed by atoms with E-state index in [1.807, 2.05) is 13.2 Å². The molecule has 0 saturated carbocycles. The first-order valence-corrected chi connectivity index (χ1v) is 8.51. The van der Waals surface area contributed by atoms with Crippen LogP contribution < -0.4 is 4.72 Å². The zero-order valence-corrected chi connectivity index (χ0v) is 12.9. The van der Waals surface area contributed by atoms with Gasteiger partial charge in [-0.2, -0.15) is 11.8 Å². The van der Waals surface area contributed by atoms with E-state index in [9.17, 15) is 17.2 Å². The predicted octanol–water partition coefficient (Wildman–Crippen LogP) is 2.76. The summed E-state index contributed by atoms with van der Waals surface area (Å²) in [6, 6.07) is 1.45. The van der Waals surface area contributed by atoms with Crippen LogP contribution in [0.4, 0.5) is 8.78 Å². The molecular formula is C10H12BrF2NO2S2. The lowest BCUT2D eigenvalue weighted by Crippen LogP contribution is -2.30. The summed E-state index contributed by atoms with van der Waals surface area (Å²) in [5.74, 6) is -1.96. The quantitative estimate of drug-likeness (QED) is 0.879. The number of hydrogen-bond donors (Lipinski definition) is 1. The lowest BCUT2D eigenvalue weighted by atomic mass is 10.3. The molecule has 1 rings (SSSR count). The minimum absolute atomic E-state index is 0.0575. The Hall–Kier alpha value is -0.180. The van der Waals surface area contributed by atoms with Crippen molar-refractivity contribution in [3.63, 3.8) is 0 Å². The molecule has 8 heteroatoms. The van der Waals surface area contributed by atoms with E-state index in [0.29, 0.717) is 6.07 Å². The highest BCUT2D eigenvalue weighted by Crippen LogP contribution is 2.26. The van der Waals surface area contributed by atoms with Gasteiger partial charge in [-0.1, -0.05) is 6.92 Å². The number of benzene rings is 1. The fourth-order valence-electron chi connectivity index (χ4n) is 1.17. The molecular weight excluding hydrogens is 348 g/mol. The summed E-state index contributed by atoms with van der Waals surface area (Å²) >= 11 is 4.33. The van der Waals surface area contributed by atoms with Crippen molar-refractivity contribution in [2.75, 3.05) is 12.8 Å². The van der Waals surface area contributed by atoms with Crippen molar-refractivity contribution in [2.24, 2.45) is 0 Å². The predicted molar refractivity (Wildman–Crippen MR) is 72.2 cm³/mol. The molecule has 0 fully saturated rings. The third kappa shape index (κ3) is 3.91. The molecule has 3 nitrogen and oxygen atoms in total. The Morgan fingerprint density at radius 1 is 1.44 bits per heavy atom. The summed E-state index contributed by atoms with van der Waals surface area (Å²) in [5, 5.41) is 0.0575. The zero-order chi connectivity index (χ0) is 13.9. The van der Waals surface area contributed by atoms with E-state index >= 15 is 0 Å². The van der Waals surface area contributed by atoms with Crippen LogP contribution in [0.5, 0.6) is 0 Å². The minimum Gasteiger partial charge on any atom is -0.210 e. The third-order valence-corrected chi connectivity index (χ3v) is 5.55. The lowest BCUT2D eigenvalue weighted by Gasteiger charge is -2.12. The SMILES string of the molecule is CSC(C)CNS(=O)(=O)c1c(F)cc(F)cc1Br. The van der Waals surface area contributed by atoms with Crippen LogP contribution in [0.15, 0.2) is 21.5 Å². The van der Waals surface area contributed by atoms with Crippen molar-refractivity contribution in [3.05, 3.63) is 28.2 Å². The maximum atomic E-state index is 13.5. The van der Waals surface area contributed by atoms with Crippen LogP contribution in [-0.4, -0.2) is 26.5 Å². The standard InChI is InChI=1S/C10H12BrF2NO2S2/c1-6(17-2)5-14-18(15,16)10-8(11)3-7(12)4-9(10)13/h3-4,6,14H,5H2,1-2H3. The molecule has 0 radical (unpaired) electrons. The van der Waals surface area contributed by atoms with Crippen LogP contribution in [0, 0.1) is 11.6 Å². The Morgan fingerprint density at radius 3 is 2.56 bits per heavy atom. The van der Waals surface area contributed by atoms with E-state index in [2.05, 4.69) is 20.7 Å². The summed E-state index contributed by atoms with van der Waals surface area (Å²) in [6.07, 6.45) is 1.84. The van der Waals surface area contributed by atoms with Gasteiger partial charge in [-0.15, -0.1) is 0 Å². The van der Waals surface area contributed by atoms with Crippen LogP contribution in [0.25, 0.3) is 0 Å². The van der Waals surface area contributed by atoms with Gasteiger partial charge in [0, 0.05) is 22.3 Å². The number of sulfonamides is 1. The number of rotatable bonds is 5. The second-order valence-electron chi connectivity index (χ2n) is 3.60. The zero-order valence-electron chi connectivity index (χ0n) is 9.71. The highest BCUT2D eigenvalue weighted by Gasteiger charge is 2.23. The van der Waals surface area contributed by atoms with Crippen molar-refractivity contribution in [3.8, 4) is 0 Å². The fraction of sp³-hybridized carbons (Fsp3) is 0.400. The molecule has 0 aliphatic rings. The van der Waals surface area contributed by atoms with E-state index in [0.717, 1.165) is 6.07 Å². The third-order valence-electron chi connectivity index (χ3n) is 2.19. The summed E-state index contributed by atoms with van der Waals surface area (Å²) in [4.78, 5) is -0.572. The lowest BCUT2D eigenvalue weighted by molar-refractivity contribution is 0.540. The van der Waals surface area contributed by atoms with Crippen molar-refractivity contribution in [1.29, 1.82) is 0 Å². The van der Waals surface area contributed by atoms with E-state index in [4.69, 9.17) is 0 Å². The molecule has 0 aromatic heterocycles. The number of hydrogen-bond acceptors (Lipinski definition) is 3. The molecule has 18 heavy (non-hydrogen) atoms. The second-order valence-corrected chi connectivity index (χ2v) is 7.43. The Labute approximate surface area is 118 Å². The Bertz CT molecular complexity index is 514.